The topological polar surface area (TPSA) is 38.1 Å². The summed E-state index contributed by atoms with van der Waals surface area (Å²) in [5.74, 6) is 0.991. The molecule has 88 valence electrons. The van der Waals surface area contributed by atoms with Crippen molar-refractivity contribution in [3.05, 3.63) is 42.2 Å². The van der Waals surface area contributed by atoms with Gasteiger partial charge in [-0.2, -0.15) is 0 Å². The van der Waals surface area contributed by atoms with Crippen LogP contribution in [0.4, 0.5) is 4.39 Å². The fourth-order valence-corrected chi connectivity index (χ4v) is 1.69. The van der Waals surface area contributed by atoms with Gasteiger partial charge in [0, 0.05) is 11.6 Å². The second-order valence-corrected chi connectivity index (χ2v) is 4.28. The summed E-state index contributed by atoms with van der Waals surface area (Å²) in [7, 11) is 0. The largest absolute Gasteiger partial charge is 0.439 e. The van der Waals surface area contributed by atoms with Crippen LogP contribution in [0, 0.1) is 5.82 Å². The zero-order chi connectivity index (χ0) is 11.7. The number of benzene rings is 1. The number of aromatic nitrogens is 1. The number of halogens is 1. The van der Waals surface area contributed by atoms with Gasteiger partial charge in [0.05, 0.1) is 12.7 Å². The summed E-state index contributed by atoms with van der Waals surface area (Å²) in [4.78, 5) is 4.17. The van der Waals surface area contributed by atoms with Crippen LogP contribution in [-0.2, 0) is 6.54 Å². The predicted octanol–water partition coefficient (Wildman–Crippen LogP) is 2.73. The summed E-state index contributed by atoms with van der Waals surface area (Å²) in [6, 6.07) is 6.95. The molecule has 1 fully saturated rings. The van der Waals surface area contributed by atoms with Crippen molar-refractivity contribution in [1.82, 2.24) is 10.3 Å². The Balaban J connectivity index is 1.74. The van der Waals surface area contributed by atoms with Crippen LogP contribution < -0.4 is 5.32 Å². The zero-order valence-electron chi connectivity index (χ0n) is 9.32. The van der Waals surface area contributed by atoms with Crippen LogP contribution in [-0.4, -0.2) is 11.0 Å². The molecule has 0 radical (unpaired) electrons. The van der Waals surface area contributed by atoms with E-state index in [4.69, 9.17) is 4.42 Å². The van der Waals surface area contributed by atoms with Crippen molar-refractivity contribution in [2.45, 2.75) is 25.4 Å². The van der Waals surface area contributed by atoms with Crippen LogP contribution in [0.15, 0.2) is 34.9 Å². The Labute approximate surface area is 98.7 Å². The van der Waals surface area contributed by atoms with Gasteiger partial charge in [-0.05, 0) is 25.0 Å². The minimum atomic E-state index is -0.267. The average molecular weight is 232 g/mol. The summed E-state index contributed by atoms with van der Waals surface area (Å²) < 4.78 is 18.6. The van der Waals surface area contributed by atoms with Crippen LogP contribution in [0.1, 0.15) is 18.7 Å². The third kappa shape index (κ3) is 2.53. The van der Waals surface area contributed by atoms with Crippen molar-refractivity contribution in [1.29, 1.82) is 0 Å². The molecule has 1 N–H and O–H groups in total. The lowest BCUT2D eigenvalue weighted by Gasteiger charge is -1.98. The van der Waals surface area contributed by atoms with Gasteiger partial charge < -0.3 is 9.73 Å². The highest BCUT2D eigenvalue weighted by Gasteiger charge is 2.20. The van der Waals surface area contributed by atoms with Gasteiger partial charge in [0.25, 0.3) is 0 Å². The minimum absolute atomic E-state index is 0.267. The normalized spacial score (nSPS) is 15.1. The first-order valence-electron chi connectivity index (χ1n) is 5.75. The molecule has 0 unspecified atom stereocenters. The Morgan fingerprint density at radius 3 is 3.06 bits per heavy atom. The van der Waals surface area contributed by atoms with E-state index in [0.717, 1.165) is 5.56 Å². The van der Waals surface area contributed by atoms with E-state index in [1.54, 1.807) is 12.3 Å². The molecule has 0 spiro atoms. The lowest BCUT2D eigenvalue weighted by atomic mass is 10.2. The summed E-state index contributed by atoms with van der Waals surface area (Å²) in [6.07, 6.45) is 4.10. The molecule has 1 aliphatic carbocycles. The molecular formula is C13H13FN2O. The summed E-state index contributed by atoms with van der Waals surface area (Å²) >= 11 is 0. The van der Waals surface area contributed by atoms with E-state index in [2.05, 4.69) is 10.3 Å². The van der Waals surface area contributed by atoms with Gasteiger partial charge in [-0.3, -0.25) is 0 Å². The molecule has 0 atom stereocenters. The van der Waals surface area contributed by atoms with Gasteiger partial charge in [-0.15, -0.1) is 0 Å². The van der Waals surface area contributed by atoms with Gasteiger partial charge in [-0.1, -0.05) is 12.1 Å². The van der Waals surface area contributed by atoms with Gasteiger partial charge in [0.2, 0.25) is 5.89 Å². The molecule has 3 rings (SSSR count). The molecule has 2 aromatic rings. The third-order valence-corrected chi connectivity index (χ3v) is 2.78. The highest BCUT2D eigenvalue weighted by Crippen LogP contribution is 2.22. The molecule has 1 aromatic carbocycles. The van der Waals surface area contributed by atoms with E-state index in [9.17, 15) is 4.39 Å². The second-order valence-electron chi connectivity index (χ2n) is 4.28. The number of hydrogen-bond acceptors (Lipinski definition) is 3. The maximum atomic E-state index is 13.0. The third-order valence-electron chi connectivity index (χ3n) is 2.78. The number of oxazole rings is 1. The van der Waals surface area contributed by atoms with Gasteiger partial charge >= 0.3 is 0 Å². The zero-order valence-corrected chi connectivity index (χ0v) is 9.32. The summed E-state index contributed by atoms with van der Waals surface area (Å²) in [5.41, 5.74) is 0.718. The molecule has 3 nitrogen and oxygen atoms in total. The van der Waals surface area contributed by atoms with Crippen molar-refractivity contribution in [2.24, 2.45) is 0 Å². The molecule has 4 heteroatoms. The lowest BCUT2D eigenvalue weighted by Crippen LogP contribution is -2.15. The number of hydrogen-bond donors (Lipinski definition) is 1. The second kappa shape index (κ2) is 4.30. The number of nitrogens with one attached hydrogen (secondary N) is 1. The molecule has 1 saturated carbocycles. The fraction of sp³-hybridized carbons (Fsp3) is 0.308. The molecule has 0 aliphatic heterocycles. The molecule has 1 heterocycles. The first kappa shape index (κ1) is 10.5. The van der Waals surface area contributed by atoms with Gasteiger partial charge in [0.1, 0.15) is 5.82 Å². The SMILES string of the molecule is Fc1cccc(-c2cnc(CNC3CC3)o2)c1. The Bertz CT molecular complexity index is 520. The molecule has 1 aromatic heterocycles. The van der Waals surface area contributed by atoms with Crippen molar-refractivity contribution >= 4 is 0 Å². The van der Waals surface area contributed by atoms with Gasteiger partial charge in [-0.25, -0.2) is 9.37 Å². The van der Waals surface area contributed by atoms with Crippen LogP contribution in [0.3, 0.4) is 0 Å². The van der Waals surface area contributed by atoms with Crippen LogP contribution >= 0.6 is 0 Å². The molecule has 1 aliphatic rings. The quantitative estimate of drug-likeness (QED) is 0.880. The predicted molar refractivity (Wildman–Crippen MR) is 61.8 cm³/mol. The smallest absolute Gasteiger partial charge is 0.208 e. The van der Waals surface area contributed by atoms with E-state index in [-0.39, 0.29) is 5.82 Å². The fourth-order valence-electron chi connectivity index (χ4n) is 1.69. The van der Waals surface area contributed by atoms with Crippen LogP contribution in [0.5, 0.6) is 0 Å². The average Bonchev–Trinajstić information content (AvgIpc) is 3.04. The number of nitrogens with zero attached hydrogens (tertiary/aromatic N) is 1. The standard InChI is InChI=1S/C13H13FN2O/c14-10-3-1-2-9(6-10)12-7-16-13(17-12)8-15-11-4-5-11/h1-3,6-7,11,15H,4-5,8H2. The molecule has 0 saturated heterocycles. The minimum Gasteiger partial charge on any atom is -0.439 e. The maximum Gasteiger partial charge on any atom is 0.208 e. The lowest BCUT2D eigenvalue weighted by molar-refractivity contribution is 0.476. The van der Waals surface area contributed by atoms with Crippen molar-refractivity contribution in [3.8, 4) is 11.3 Å². The summed E-state index contributed by atoms with van der Waals surface area (Å²) in [5, 5.41) is 3.32. The molecule has 17 heavy (non-hydrogen) atoms. The van der Waals surface area contributed by atoms with Crippen LogP contribution in [0.2, 0.25) is 0 Å². The Kier molecular flexibility index (Phi) is 2.65. The highest BCUT2D eigenvalue weighted by atomic mass is 19.1. The Morgan fingerprint density at radius 2 is 2.29 bits per heavy atom. The van der Waals surface area contributed by atoms with E-state index < -0.39 is 0 Å². The first-order chi connectivity index (χ1) is 8.31. The van der Waals surface area contributed by atoms with Crippen molar-refractivity contribution < 1.29 is 8.81 Å². The maximum absolute atomic E-state index is 13.0. The monoisotopic (exact) mass is 232 g/mol. The van der Waals surface area contributed by atoms with Gasteiger partial charge in [0.15, 0.2) is 5.76 Å². The van der Waals surface area contributed by atoms with E-state index in [0.29, 0.717) is 24.2 Å². The molecule has 0 bridgehead atoms. The van der Waals surface area contributed by atoms with E-state index in [1.807, 2.05) is 6.07 Å². The molecule has 0 amide bonds. The Morgan fingerprint density at radius 1 is 1.41 bits per heavy atom. The first-order valence-corrected chi connectivity index (χ1v) is 5.75. The highest BCUT2D eigenvalue weighted by molar-refractivity contribution is 5.56. The summed E-state index contributed by atoms with van der Waals surface area (Å²) in [6.45, 7) is 0.639. The van der Waals surface area contributed by atoms with E-state index >= 15 is 0 Å². The van der Waals surface area contributed by atoms with E-state index in [1.165, 1.54) is 25.0 Å². The molecular weight excluding hydrogens is 219 g/mol. The Hall–Kier alpha value is -1.68. The van der Waals surface area contributed by atoms with Crippen molar-refractivity contribution in [3.63, 3.8) is 0 Å². The van der Waals surface area contributed by atoms with Crippen molar-refractivity contribution in [2.75, 3.05) is 0 Å². The number of rotatable bonds is 4. The van der Waals surface area contributed by atoms with Crippen LogP contribution in [0.25, 0.3) is 11.3 Å².